The molecule has 0 spiro atoms. The van der Waals surface area contributed by atoms with Crippen LogP contribution in [0.3, 0.4) is 0 Å². The first-order valence-electron chi connectivity index (χ1n) is 5.97. The van der Waals surface area contributed by atoms with Crippen molar-refractivity contribution < 1.29 is 4.74 Å². The monoisotopic (exact) mass is 337 g/mol. The summed E-state index contributed by atoms with van der Waals surface area (Å²) in [7, 11) is 0. The maximum absolute atomic E-state index is 5.88. The van der Waals surface area contributed by atoms with Crippen LogP contribution in [0.1, 0.15) is 18.5 Å². The first-order valence-corrected chi connectivity index (χ1v) is 7.99. The second-order valence-electron chi connectivity index (χ2n) is 4.25. The Hall–Kier alpha value is -0.970. The molecule has 2 aromatic rings. The molecule has 2 rings (SSSR count). The molecule has 1 atom stereocenters. The second-order valence-corrected chi connectivity index (χ2v) is 5.98. The van der Waals surface area contributed by atoms with Crippen LogP contribution in [0.4, 0.5) is 0 Å². The highest BCUT2D eigenvalue weighted by Gasteiger charge is 2.06. The summed E-state index contributed by atoms with van der Waals surface area (Å²) < 4.78 is 6.79. The normalized spacial score (nSPS) is 12.2. The van der Waals surface area contributed by atoms with Crippen LogP contribution < -0.4 is 10.5 Å². The third-order valence-corrected chi connectivity index (χ3v) is 4.19. The molecule has 0 bridgehead atoms. The number of rotatable bonds is 4. The summed E-state index contributed by atoms with van der Waals surface area (Å²) in [6.07, 6.45) is 2.06. The average molecular weight is 338 g/mol. The molecule has 2 aromatic carbocycles. The Morgan fingerprint density at radius 3 is 2.26 bits per heavy atom. The average Bonchev–Trinajstić information content (AvgIpc) is 2.39. The van der Waals surface area contributed by atoms with E-state index in [2.05, 4.69) is 22.2 Å². The summed E-state index contributed by atoms with van der Waals surface area (Å²) in [4.78, 5) is 1.22. The summed E-state index contributed by atoms with van der Waals surface area (Å²) in [6, 6.07) is 13.9. The molecular formula is C15H16BrNOS. The number of hydrogen-bond donors (Lipinski definition) is 1. The van der Waals surface area contributed by atoms with Crippen LogP contribution in [0, 0.1) is 0 Å². The maximum Gasteiger partial charge on any atom is 0.128 e. The number of nitrogens with two attached hydrogens (primary N) is 1. The van der Waals surface area contributed by atoms with Gasteiger partial charge < -0.3 is 10.5 Å². The van der Waals surface area contributed by atoms with Gasteiger partial charge in [-0.25, -0.2) is 0 Å². The van der Waals surface area contributed by atoms with E-state index < -0.39 is 0 Å². The van der Waals surface area contributed by atoms with E-state index in [4.69, 9.17) is 10.5 Å². The predicted molar refractivity (Wildman–Crippen MR) is 85.0 cm³/mol. The quantitative estimate of drug-likeness (QED) is 0.798. The Labute approximate surface area is 126 Å². The van der Waals surface area contributed by atoms with E-state index in [0.29, 0.717) is 0 Å². The van der Waals surface area contributed by atoms with Crippen molar-refractivity contribution in [3.8, 4) is 11.5 Å². The SMILES string of the molecule is CSc1ccc(Oc2ccc([C@H](C)N)c(Br)c2)cc1. The molecule has 2 nitrogen and oxygen atoms in total. The number of thioether (sulfide) groups is 1. The standard InChI is InChI=1S/C15H16BrNOS/c1-10(17)14-8-5-12(9-15(14)16)18-11-3-6-13(19-2)7-4-11/h3-10H,17H2,1-2H3/t10-/m0/s1. The minimum atomic E-state index is 0.00397. The highest BCUT2D eigenvalue weighted by Crippen LogP contribution is 2.30. The molecule has 0 radical (unpaired) electrons. The number of ether oxygens (including phenoxy) is 1. The first-order chi connectivity index (χ1) is 9.10. The molecule has 0 aliphatic heterocycles. The lowest BCUT2D eigenvalue weighted by atomic mass is 10.1. The third-order valence-electron chi connectivity index (χ3n) is 2.76. The fourth-order valence-corrected chi connectivity index (χ4v) is 2.85. The number of hydrogen-bond acceptors (Lipinski definition) is 3. The Balaban J connectivity index is 2.16. The largest absolute Gasteiger partial charge is 0.457 e. The van der Waals surface area contributed by atoms with Crippen LogP contribution in [0.5, 0.6) is 11.5 Å². The van der Waals surface area contributed by atoms with Crippen molar-refractivity contribution in [1.82, 2.24) is 0 Å². The van der Waals surface area contributed by atoms with Gasteiger partial charge >= 0.3 is 0 Å². The molecule has 0 heterocycles. The minimum Gasteiger partial charge on any atom is -0.457 e. The Kier molecular flexibility index (Phi) is 4.91. The van der Waals surface area contributed by atoms with Crippen LogP contribution in [0.15, 0.2) is 51.8 Å². The van der Waals surface area contributed by atoms with E-state index in [1.54, 1.807) is 11.8 Å². The van der Waals surface area contributed by atoms with E-state index >= 15 is 0 Å². The molecule has 0 aliphatic rings. The molecule has 0 aromatic heterocycles. The topological polar surface area (TPSA) is 35.2 Å². The van der Waals surface area contributed by atoms with Crippen molar-refractivity contribution in [1.29, 1.82) is 0 Å². The van der Waals surface area contributed by atoms with Gasteiger partial charge in [-0.15, -0.1) is 11.8 Å². The lowest BCUT2D eigenvalue weighted by molar-refractivity contribution is 0.481. The molecular weight excluding hydrogens is 322 g/mol. The van der Waals surface area contributed by atoms with Crippen molar-refractivity contribution in [3.63, 3.8) is 0 Å². The molecule has 0 aliphatic carbocycles. The lowest BCUT2D eigenvalue weighted by Crippen LogP contribution is -2.05. The zero-order valence-electron chi connectivity index (χ0n) is 10.9. The second kappa shape index (κ2) is 6.46. The van der Waals surface area contributed by atoms with Gasteiger partial charge in [0.25, 0.3) is 0 Å². The summed E-state index contributed by atoms with van der Waals surface area (Å²) >= 11 is 5.23. The van der Waals surface area contributed by atoms with Gasteiger partial charge in [-0.05, 0) is 55.1 Å². The van der Waals surface area contributed by atoms with Crippen molar-refractivity contribution in [2.45, 2.75) is 17.9 Å². The maximum atomic E-state index is 5.88. The lowest BCUT2D eigenvalue weighted by Gasteiger charge is -2.11. The van der Waals surface area contributed by atoms with Crippen molar-refractivity contribution in [2.75, 3.05) is 6.26 Å². The fourth-order valence-electron chi connectivity index (χ4n) is 1.72. The van der Waals surface area contributed by atoms with Gasteiger partial charge in [0.05, 0.1) is 0 Å². The molecule has 4 heteroatoms. The Morgan fingerprint density at radius 2 is 1.74 bits per heavy atom. The van der Waals surface area contributed by atoms with Crippen LogP contribution in [0.2, 0.25) is 0 Å². The number of benzene rings is 2. The van der Waals surface area contributed by atoms with E-state index in [0.717, 1.165) is 21.5 Å². The van der Waals surface area contributed by atoms with E-state index in [1.807, 2.05) is 49.4 Å². The Morgan fingerprint density at radius 1 is 1.11 bits per heavy atom. The van der Waals surface area contributed by atoms with Gasteiger partial charge in [0.2, 0.25) is 0 Å². The molecule has 0 saturated carbocycles. The van der Waals surface area contributed by atoms with Crippen molar-refractivity contribution in [3.05, 3.63) is 52.5 Å². The molecule has 0 fully saturated rings. The smallest absolute Gasteiger partial charge is 0.128 e. The Bertz CT molecular complexity index is 555. The minimum absolute atomic E-state index is 0.00397. The van der Waals surface area contributed by atoms with Gasteiger partial charge in [0.1, 0.15) is 11.5 Å². The molecule has 0 amide bonds. The van der Waals surface area contributed by atoms with Gasteiger partial charge in [-0.1, -0.05) is 22.0 Å². The first kappa shape index (κ1) is 14.4. The zero-order valence-corrected chi connectivity index (χ0v) is 13.3. The van der Waals surface area contributed by atoms with Crippen molar-refractivity contribution in [2.24, 2.45) is 5.73 Å². The van der Waals surface area contributed by atoms with Gasteiger partial charge in [0.15, 0.2) is 0 Å². The highest BCUT2D eigenvalue weighted by molar-refractivity contribution is 9.10. The van der Waals surface area contributed by atoms with Gasteiger partial charge in [-0.2, -0.15) is 0 Å². The summed E-state index contributed by atoms with van der Waals surface area (Å²) in [6.45, 7) is 1.96. The van der Waals surface area contributed by atoms with Crippen LogP contribution >= 0.6 is 27.7 Å². The summed E-state index contributed by atoms with van der Waals surface area (Å²) in [5.74, 6) is 1.63. The zero-order chi connectivity index (χ0) is 13.8. The third kappa shape index (κ3) is 3.75. The number of halogens is 1. The van der Waals surface area contributed by atoms with E-state index in [1.165, 1.54) is 4.90 Å². The van der Waals surface area contributed by atoms with Crippen LogP contribution in [-0.2, 0) is 0 Å². The van der Waals surface area contributed by atoms with Crippen molar-refractivity contribution >= 4 is 27.7 Å². The molecule has 0 saturated heterocycles. The van der Waals surface area contributed by atoms with E-state index in [9.17, 15) is 0 Å². The predicted octanol–water partition coefficient (Wildman–Crippen LogP) is 4.98. The summed E-state index contributed by atoms with van der Waals surface area (Å²) in [5, 5.41) is 0. The van der Waals surface area contributed by atoms with Crippen LogP contribution in [0.25, 0.3) is 0 Å². The highest BCUT2D eigenvalue weighted by atomic mass is 79.9. The van der Waals surface area contributed by atoms with Crippen LogP contribution in [-0.4, -0.2) is 6.26 Å². The van der Waals surface area contributed by atoms with E-state index in [-0.39, 0.29) is 6.04 Å². The van der Waals surface area contributed by atoms with Gasteiger partial charge in [-0.3, -0.25) is 0 Å². The molecule has 2 N–H and O–H groups in total. The molecule has 100 valence electrons. The fraction of sp³-hybridized carbons (Fsp3) is 0.200. The molecule has 19 heavy (non-hydrogen) atoms. The summed E-state index contributed by atoms with van der Waals surface area (Å²) in [5.41, 5.74) is 6.95. The van der Waals surface area contributed by atoms with Gasteiger partial charge in [0, 0.05) is 15.4 Å². The molecule has 0 unspecified atom stereocenters.